The van der Waals surface area contributed by atoms with Gasteiger partial charge in [-0.05, 0) is 43.5 Å². The topological polar surface area (TPSA) is 47.0 Å². The van der Waals surface area contributed by atoms with E-state index < -0.39 is 0 Å². The number of aromatic nitrogens is 1. The van der Waals surface area contributed by atoms with E-state index in [2.05, 4.69) is 68.7 Å². The average molecular weight is 489 g/mol. The summed E-state index contributed by atoms with van der Waals surface area (Å²) < 4.78 is 0.336. The second-order valence-electron chi connectivity index (χ2n) is 3.25. The van der Waals surface area contributed by atoms with Gasteiger partial charge in [-0.2, -0.15) is 0 Å². The molecule has 0 aliphatic heterocycles. The van der Waals surface area contributed by atoms with E-state index in [1.807, 2.05) is 0 Å². The van der Waals surface area contributed by atoms with Crippen molar-refractivity contribution in [2.45, 2.75) is 3.74 Å². The van der Waals surface area contributed by atoms with Gasteiger partial charge in [0, 0.05) is 6.20 Å². The molecule has 1 aromatic heterocycles. The summed E-state index contributed by atoms with van der Waals surface area (Å²) in [6.45, 7) is 0. The number of carbonyl (C=O) groups excluding carboxylic acids is 2. The molecule has 1 aliphatic rings. The summed E-state index contributed by atoms with van der Waals surface area (Å²) in [5.74, 6) is -0.541. The van der Waals surface area contributed by atoms with E-state index in [1.165, 1.54) is 0 Å². The molecular formula is C10H3Br4NO2. The molecule has 0 bridgehead atoms. The Morgan fingerprint density at radius 2 is 1.65 bits per heavy atom. The summed E-state index contributed by atoms with van der Waals surface area (Å²) in [6.07, 6.45) is 1.55. The number of ketones is 2. The zero-order chi connectivity index (χ0) is 12.7. The standard InChI is InChI=1S/C10H3Br4NO2/c11-5-6(12)9(17)7-4(8(5)16)1-3(2-15-7)10(13)14/h1-2,10H. The second-order valence-corrected chi connectivity index (χ2v) is 7.90. The highest BCUT2D eigenvalue weighted by Gasteiger charge is 2.31. The first-order valence-corrected chi connectivity index (χ1v) is 7.78. The molecule has 0 amide bonds. The molecule has 0 saturated heterocycles. The van der Waals surface area contributed by atoms with E-state index in [0.29, 0.717) is 5.56 Å². The van der Waals surface area contributed by atoms with Gasteiger partial charge in [-0.25, -0.2) is 0 Å². The maximum Gasteiger partial charge on any atom is 0.220 e. The number of Topliss-reactive ketones (excluding diaryl/α,β-unsaturated/α-hetero) is 2. The molecule has 0 N–H and O–H groups in total. The van der Waals surface area contributed by atoms with Crippen LogP contribution in [0.3, 0.4) is 0 Å². The van der Waals surface area contributed by atoms with Crippen molar-refractivity contribution in [3.8, 4) is 0 Å². The van der Waals surface area contributed by atoms with Crippen LogP contribution in [0.2, 0.25) is 0 Å². The van der Waals surface area contributed by atoms with Crippen LogP contribution in [0, 0.1) is 0 Å². The molecule has 0 spiro atoms. The van der Waals surface area contributed by atoms with Gasteiger partial charge in [0.15, 0.2) is 0 Å². The van der Waals surface area contributed by atoms with E-state index in [9.17, 15) is 9.59 Å². The number of hydrogen-bond acceptors (Lipinski definition) is 3. The van der Waals surface area contributed by atoms with Gasteiger partial charge in [0.1, 0.15) is 5.69 Å². The van der Waals surface area contributed by atoms with Gasteiger partial charge in [-0.3, -0.25) is 14.6 Å². The number of allylic oxidation sites excluding steroid dienone is 2. The molecular weight excluding hydrogens is 486 g/mol. The minimum atomic E-state index is -0.293. The SMILES string of the molecule is O=C1C(Br)=C(Br)C(=O)c2ncc(C(Br)Br)cc21. The maximum absolute atomic E-state index is 12.0. The molecule has 1 aliphatic carbocycles. The number of pyridine rings is 1. The fourth-order valence-corrected chi connectivity index (χ4v) is 2.64. The predicted octanol–water partition coefficient (Wildman–Crippen LogP) is 4.25. The largest absolute Gasteiger partial charge is 0.288 e. The van der Waals surface area contributed by atoms with Crippen LogP contribution >= 0.6 is 63.7 Å². The molecule has 1 heterocycles. The second kappa shape index (κ2) is 5.03. The highest BCUT2D eigenvalue weighted by atomic mass is 79.9. The smallest absolute Gasteiger partial charge is 0.220 e. The molecule has 3 nitrogen and oxygen atoms in total. The lowest BCUT2D eigenvalue weighted by Crippen LogP contribution is -2.19. The molecule has 1 aromatic rings. The molecule has 0 atom stereocenters. The van der Waals surface area contributed by atoms with E-state index in [4.69, 9.17) is 0 Å². The lowest BCUT2D eigenvalue weighted by molar-refractivity contribution is 0.0985. The zero-order valence-corrected chi connectivity index (χ0v) is 14.4. The summed E-state index contributed by atoms with van der Waals surface area (Å²) >= 11 is 12.8. The van der Waals surface area contributed by atoms with Crippen LogP contribution < -0.4 is 0 Å². The van der Waals surface area contributed by atoms with Crippen molar-refractivity contribution in [3.63, 3.8) is 0 Å². The van der Waals surface area contributed by atoms with Crippen molar-refractivity contribution in [1.82, 2.24) is 4.98 Å². The van der Waals surface area contributed by atoms with E-state index >= 15 is 0 Å². The Morgan fingerprint density at radius 1 is 1.06 bits per heavy atom. The zero-order valence-electron chi connectivity index (χ0n) is 8.01. The Hall–Kier alpha value is 0.150. The van der Waals surface area contributed by atoms with Gasteiger partial charge in [-0.15, -0.1) is 0 Å². The summed E-state index contributed by atoms with van der Waals surface area (Å²) in [5, 5.41) is 0. The molecule has 0 fully saturated rings. The first-order valence-electron chi connectivity index (χ1n) is 4.36. The summed E-state index contributed by atoms with van der Waals surface area (Å²) in [6, 6.07) is 1.65. The Balaban J connectivity index is 2.65. The number of nitrogens with zero attached hydrogens (tertiary/aromatic N) is 1. The third-order valence-electron chi connectivity index (χ3n) is 2.21. The van der Waals surface area contributed by atoms with E-state index in [0.717, 1.165) is 5.56 Å². The summed E-state index contributed by atoms with van der Waals surface area (Å²) in [4.78, 5) is 27.9. The molecule has 0 radical (unpaired) electrons. The van der Waals surface area contributed by atoms with Gasteiger partial charge in [0.2, 0.25) is 11.6 Å². The summed E-state index contributed by atoms with van der Waals surface area (Å²) in [7, 11) is 0. The monoisotopic (exact) mass is 485 g/mol. The molecule has 88 valence electrons. The van der Waals surface area contributed by atoms with Crippen LogP contribution in [0.15, 0.2) is 21.2 Å². The number of halogens is 4. The Kier molecular flexibility index (Phi) is 4.02. The number of hydrogen-bond donors (Lipinski definition) is 0. The first-order chi connectivity index (χ1) is 7.93. The number of rotatable bonds is 1. The fourth-order valence-electron chi connectivity index (χ4n) is 1.38. The third-order valence-corrected chi connectivity index (χ3v) is 5.31. The predicted molar refractivity (Wildman–Crippen MR) is 78.4 cm³/mol. The van der Waals surface area contributed by atoms with Crippen LogP contribution in [0.1, 0.15) is 30.1 Å². The van der Waals surface area contributed by atoms with Crippen molar-refractivity contribution in [3.05, 3.63) is 38.0 Å². The van der Waals surface area contributed by atoms with Crippen LogP contribution in [0.4, 0.5) is 0 Å². The third kappa shape index (κ3) is 2.34. The van der Waals surface area contributed by atoms with Gasteiger partial charge >= 0.3 is 0 Å². The van der Waals surface area contributed by atoms with E-state index in [1.54, 1.807) is 12.3 Å². The maximum atomic E-state index is 12.0. The number of alkyl halides is 2. The lowest BCUT2D eigenvalue weighted by atomic mass is 9.99. The first kappa shape index (κ1) is 13.6. The molecule has 0 unspecified atom stereocenters. The van der Waals surface area contributed by atoms with Gasteiger partial charge < -0.3 is 0 Å². The minimum absolute atomic E-state index is 0.108. The van der Waals surface area contributed by atoms with Gasteiger partial charge in [0.05, 0.1) is 18.3 Å². The van der Waals surface area contributed by atoms with Crippen LogP contribution in [0.5, 0.6) is 0 Å². The number of fused-ring (bicyclic) bond motifs is 1. The Labute approximate surface area is 131 Å². The van der Waals surface area contributed by atoms with E-state index in [-0.39, 0.29) is 30.0 Å². The number of carbonyl (C=O) groups is 2. The van der Waals surface area contributed by atoms with Gasteiger partial charge in [-0.1, -0.05) is 31.9 Å². The van der Waals surface area contributed by atoms with Crippen molar-refractivity contribution in [2.75, 3.05) is 0 Å². The van der Waals surface area contributed by atoms with Gasteiger partial charge in [0.25, 0.3) is 0 Å². The highest BCUT2D eigenvalue weighted by Crippen LogP contribution is 2.35. The lowest BCUT2D eigenvalue weighted by Gasteiger charge is -2.14. The molecule has 0 saturated carbocycles. The molecule has 7 heteroatoms. The average Bonchev–Trinajstić information content (AvgIpc) is 2.32. The molecule has 2 rings (SSSR count). The fraction of sp³-hybridized carbons (Fsp3) is 0.100. The van der Waals surface area contributed by atoms with Crippen molar-refractivity contribution in [1.29, 1.82) is 0 Å². The highest BCUT2D eigenvalue weighted by molar-refractivity contribution is 9.24. The van der Waals surface area contributed by atoms with Crippen LogP contribution in [-0.2, 0) is 0 Å². The molecule has 0 aromatic carbocycles. The van der Waals surface area contributed by atoms with Crippen molar-refractivity contribution in [2.24, 2.45) is 0 Å². The quantitative estimate of drug-likeness (QED) is 0.555. The Bertz CT molecular complexity index is 565. The summed E-state index contributed by atoms with van der Waals surface area (Å²) in [5.41, 5.74) is 1.27. The molecule has 17 heavy (non-hydrogen) atoms. The van der Waals surface area contributed by atoms with Crippen molar-refractivity contribution >= 4 is 75.3 Å². The van der Waals surface area contributed by atoms with Crippen LogP contribution in [-0.4, -0.2) is 16.6 Å². The van der Waals surface area contributed by atoms with Crippen molar-refractivity contribution < 1.29 is 9.59 Å². The van der Waals surface area contributed by atoms with Crippen LogP contribution in [0.25, 0.3) is 0 Å². The minimum Gasteiger partial charge on any atom is -0.288 e. The Morgan fingerprint density at radius 3 is 2.24 bits per heavy atom. The normalized spacial score (nSPS) is 15.6.